The molecule has 0 N–H and O–H groups in total. The van der Waals surface area contributed by atoms with Crippen molar-refractivity contribution in [2.24, 2.45) is 0 Å². The summed E-state index contributed by atoms with van der Waals surface area (Å²) < 4.78 is 11.1. The van der Waals surface area contributed by atoms with E-state index in [1.165, 1.54) is 11.1 Å². The Balaban J connectivity index is 2.47. The van der Waals surface area contributed by atoms with Crippen molar-refractivity contribution in [2.45, 2.75) is 26.2 Å². The lowest BCUT2D eigenvalue weighted by Crippen LogP contribution is -2.01. The van der Waals surface area contributed by atoms with Gasteiger partial charge in [-0.15, -0.1) is 0 Å². The number of ether oxygens (including phenoxy) is 2. The Bertz CT molecular complexity index is 536. The van der Waals surface area contributed by atoms with Crippen molar-refractivity contribution < 1.29 is 9.47 Å². The Morgan fingerprint density at radius 1 is 0.900 bits per heavy atom. The molecule has 0 bridgehead atoms. The fraction of sp³-hybridized carbons (Fsp3) is 0.333. The van der Waals surface area contributed by atoms with Crippen LogP contribution >= 0.6 is 0 Å². The molecule has 1 atom stereocenters. The molecule has 2 aromatic carbocycles. The van der Waals surface area contributed by atoms with Crippen LogP contribution in [0.25, 0.3) is 0 Å². The van der Waals surface area contributed by atoms with E-state index in [9.17, 15) is 0 Å². The van der Waals surface area contributed by atoms with Crippen molar-refractivity contribution in [2.75, 3.05) is 14.2 Å². The summed E-state index contributed by atoms with van der Waals surface area (Å²) in [5.74, 6) is 2.12. The Kier molecular flexibility index (Phi) is 4.67. The minimum atomic E-state index is 0.310. The van der Waals surface area contributed by atoms with Crippen LogP contribution in [0.2, 0.25) is 0 Å². The van der Waals surface area contributed by atoms with Crippen LogP contribution in [0, 0.1) is 0 Å². The molecule has 0 amide bonds. The largest absolute Gasteiger partial charge is 0.496 e. The number of hydrogen-bond acceptors (Lipinski definition) is 2. The molecule has 2 rings (SSSR count). The molecular formula is C18H22O2. The van der Waals surface area contributed by atoms with E-state index < -0.39 is 0 Å². The van der Waals surface area contributed by atoms with Crippen LogP contribution in [0.5, 0.6) is 11.5 Å². The molecule has 0 spiro atoms. The molecule has 0 heterocycles. The highest BCUT2D eigenvalue weighted by Gasteiger charge is 2.15. The molecule has 0 fully saturated rings. The van der Waals surface area contributed by atoms with Gasteiger partial charge in [-0.2, -0.15) is 0 Å². The topological polar surface area (TPSA) is 18.5 Å². The molecule has 2 heteroatoms. The lowest BCUT2D eigenvalue weighted by Gasteiger charge is -2.18. The Hall–Kier alpha value is -1.96. The second-order valence-corrected chi connectivity index (χ2v) is 4.89. The van der Waals surface area contributed by atoms with Crippen LogP contribution in [-0.2, 0) is 6.42 Å². The SMILES string of the molecule is CCc1c(OC)cc(C(C)c2ccccc2)cc1OC. The second-order valence-electron chi connectivity index (χ2n) is 4.89. The van der Waals surface area contributed by atoms with E-state index in [1.54, 1.807) is 14.2 Å². The standard InChI is InChI=1S/C18H22O2/c1-5-16-17(19-3)11-15(12-18(16)20-4)13(2)14-9-7-6-8-10-14/h6-13H,5H2,1-4H3. The van der Waals surface area contributed by atoms with Crippen molar-refractivity contribution in [3.05, 3.63) is 59.2 Å². The summed E-state index contributed by atoms with van der Waals surface area (Å²) in [6, 6.07) is 14.7. The third kappa shape index (κ3) is 2.79. The first-order valence-corrected chi connectivity index (χ1v) is 7.01. The summed E-state index contributed by atoms with van der Waals surface area (Å²) in [5, 5.41) is 0. The molecule has 0 aromatic heterocycles. The van der Waals surface area contributed by atoms with Gasteiger partial charge in [-0.1, -0.05) is 44.2 Å². The van der Waals surface area contributed by atoms with Gasteiger partial charge in [0.1, 0.15) is 11.5 Å². The molecule has 0 aliphatic heterocycles. The van der Waals surface area contributed by atoms with E-state index in [0.717, 1.165) is 23.5 Å². The fourth-order valence-corrected chi connectivity index (χ4v) is 2.54. The molecule has 0 radical (unpaired) electrons. The zero-order chi connectivity index (χ0) is 14.5. The number of methoxy groups -OCH3 is 2. The van der Waals surface area contributed by atoms with E-state index in [-0.39, 0.29) is 0 Å². The van der Waals surface area contributed by atoms with Crippen LogP contribution in [0.15, 0.2) is 42.5 Å². The minimum Gasteiger partial charge on any atom is -0.496 e. The average Bonchev–Trinajstić information content (AvgIpc) is 2.53. The van der Waals surface area contributed by atoms with E-state index in [2.05, 4.69) is 50.2 Å². The molecule has 20 heavy (non-hydrogen) atoms. The van der Waals surface area contributed by atoms with Crippen molar-refractivity contribution in [1.29, 1.82) is 0 Å². The normalized spacial score (nSPS) is 12.0. The first-order valence-electron chi connectivity index (χ1n) is 7.01. The highest BCUT2D eigenvalue weighted by molar-refractivity contribution is 5.50. The van der Waals surface area contributed by atoms with Crippen molar-refractivity contribution >= 4 is 0 Å². The van der Waals surface area contributed by atoms with E-state index in [1.807, 2.05) is 6.07 Å². The van der Waals surface area contributed by atoms with Gasteiger partial charge in [-0.3, -0.25) is 0 Å². The monoisotopic (exact) mass is 270 g/mol. The molecule has 0 aliphatic carbocycles. The average molecular weight is 270 g/mol. The molecular weight excluding hydrogens is 248 g/mol. The molecule has 0 saturated heterocycles. The molecule has 1 unspecified atom stereocenters. The van der Waals surface area contributed by atoms with Crippen LogP contribution in [0.4, 0.5) is 0 Å². The summed E-state index contributed by atoms with van der Waals surface area (Å²) in [7, 11) is 3.43. The molecule has 2 aromatic rings. The van der Waals surface area contributed by atoms with Crippen LogP contribution in [0.1, 0.15) is 36.5 Å². The maximum Gasteiger partial charge on any atom is 0.126 e. The molecule has 106 valence electrons. The van der Waals surface area contributed by atoms with Gasteiger partial charge in [0.25, 0.3) is 0 Å². The molecule has 0 saturated carbocycles. The van der Waals surface area contributed by atoms with E-state index >= 15 is 0 Å². The van der Waals surface area contributed by atoms with Gasteiger partial charge in [-0.05, 0) is 29.7 Å². The highest BCUT2D eigenvalue weighted by Crippen LogP contribution is 2.35. The van der Waals surface area contributed by atoms with Gasteiger partial charge >= 0.3 is 0 Å². The van der Waals surface area contributed by atoms with Crippen molar-refractivity contribution in [1.82, 2.24) is 0 Å². The first-order chi connectivity index (χ1) is 9.71. The van der Waals surface area contributed by atoms with Gasteiger partial charge in [0, 0.05) is 11.5 Å². The smallest absolute Gasteiger partial charge is 0.126 e. The third-order valence-corrected chi connectivity index (χ3v) is 3.78. The van der Waals surface area contributed by atoms with Gasteiger partial charge in [0.05, 0.1) is 14.2 Å². The first kappa shape index (κ1) is 14.4. The van der Waals surface area contributed by atoms with Gasteiger partial charge in [0.15, 0.2) is 0 Å². The predicted molar refractivity (Wildman–Crippen MR) is 82.9 cm³/mol. The maximum absolute atomic E-state index is 5.53. The lowest BCUT2D eigenvalue weighted by molar-refractivity contribution is 0.385. The summed E-state index contributed by atoms with van der Waals surface area (Å²) in [6.07, 6.45) is 0.895. The second kappa shape index (κ2) is 6.47. The van der Waals surface area contributed by atoms with Gasteiger partial charge < -0.3 is 9.47 Å². The number of hydrogen-bond donors (Lipinski definition) is 0. The van der Waals surface area contributed by atoms with Gasteiger partial charge in [0.2, 0.25) is 0 Å². The Labute approximate surface area is 121 Å². The summed E-state index contributed by atoms with van der Waals surface area (Å²) in [5.41, 5.74) is 3.63. The van der Waals surface area contributed by atoms with E-state index in [4.69, 9.17) is 9.47 Å². The van der Waals surface area contributed by atoms with Crippen LogP contribution < -0.4 is 9.47 Å². The summed E-state index contributed by atoms with van der Waals surface area (Å²) in [6.45, 7) is 4.32. The van der Waals surface area contributed by atoms with Gasteiger partial charge in [-0.25, -0.2) is 0 Å². The zero-order valence-electron chi connectivity index (χ0n) is 12.6. The highest BCUT2D eigenvalue weighted by atomic mass is 16.5. The molecule has 0 aliphatic rings. The predicted octanol–water partition coefficient (Wildman–Crippen LogP) is 4.42. The fourth-order valence-electron chi connectivity index (χ4n) is 2.54. The third-order valence-electron chi connectivity index (χ3n) is 3.78. The van der Waals surface area contributed by atoms with Crippen LogP contribution in [0.3, 0.4) is 0 Å². The molecule has 2 nitrogen and oxygen atoms in total. The minimum absolute atomic E-state index is 0.310. The van der Waals surface area contributed by atoms with Crippen molar-refractivity contribution in [3.63, 3.8) is 0 Å². The Morgan fingerprint density at radius 2 is 1.45 bits per heavy atom. The van der Waals surface area contributed by atoms with E-state index in [0.29, 0.717) is 5.92 Å². The number of benzene rings is 2. The number of rotatable bonds is 5. The summed E-state index contributed by atoms with van der Waals surface area (Å²) in [4.78, 5) is 0. The van der Waals surface area contributed by atoms with Crippen LogP contribution in [-0.4, -0.2) is 14.2 Å². The Morgan fingerprint density at radius 3 is 1.90 bits per heavy atom. The quantitative estimate of drug-likeness (QED) is 0.800. The lowest BCUT2D eigenvalue weighted by atomic mass is 9.91. The summed E-state index contributed by atoms with van der Waals surface area (Å²) >= 11 is 0. The zero-order valence-corrected chi connectivity index (χ0v) is 12.6. The van der Waals surface area contributed by atoms with Crippen molar-refractivity contribution in [3.8, 4) is 11.5 Å². The maximum atomic E-state index is 5.53.